The summed E-state index contributed by atoms with van der Waals surface area (Å²) in [7, 11) is 0. The van der Waals surface area contributed by atoms with Gasteiger partial charge >= 0.3 is 5.97 Å². The second-order valence-electron chi connectivity index (χ2n) is 7.27. The first-order valence-corrected chi connectivity index (χ1v) is 10.3. The molecule has 0 heterocycles. The third-order valence-corrected chi connectivity index (χ3v) is 5.54. The van der Waals surface area contributed by atoms with E-state index in [-0.39, 0.29) is 24.4 Å². The minimum atomic E-state index is -0.400. The molecule has 2 aromatic rings. The molecule has 1 fully saturated rings. The molecule has 148 valence electrons. The van der Waals surface area contributed by atoms with Crippen LogP contribution in [0.1, 0.15) is 43.7 Å². The lowest BCUT2D eigenvalue weighted by molar-refractivity contribution is -0.155. The summed E-state index contributed by atoms with van der Waals surface area (Å²) in [5, 5.41) is 3.57. The van der Waals surface area contributed by atoms with Crippen molar-refractivity contribution in [1.82, 2.24) is 0 Å². The maximum Gasteiger partial charge on any atom is 0.310 e. The maximum absolute atomic E-state index is 12.8. The summed E-state index contributed by atoms with van der Waals surface area (Å²) in [6.07, 6.45) is 4.23. The van der Waals surface area contributed by atoms with Gasteiger partial charge in [0.25, 0.3) is 0 Å². The number of esters is 1. The van der Waals surface area contributed by atoms with E-state index in [1.54, 1.807) is 12.1 Å². The van der Waals surface area contributed by atoms with E-state index in [4.69, 9.17) is 16.3 Å². The minimum absolute atomic E-state index is 0.103. The summed E-state index contributed by atoms with van der Waals surface area (Å²) in [6.45, 7) is 2.26. The lowest BCUT2D eigenvalue weighted by Crippen LogP contribution is -2.37. The summed E-state index contributed by atoms with van der Waals surface area (Å²) < 4.78 is 5.51. The molecular weight excluding hydrogens is 374 g/mol. The summed E-state index contributed by atoms with van der Waals surface area (Å²) in [4.78, 5) is 25.5. The van der Waals surface area contributed by atoms with Crippen LogP contribution in [0.15, 0.2) is 48.5 Å². The molecule has 3 rings (SSSR count). The van der Waals surface area contributed by atoms with Crippen LogP contribution in [-0.2, 0) is 27.4 Å². The lowest BCUT2D eigenvalue weighted by Gasteiger charge is -2.29. The molecule has 1 aliphatic rings. The Morgan fingerprint density at radius 2 is 1.75 bits per heavy atom. The molecular formula is C23H26ClNO3. The normalized spacial score (nSPS) is 19.1. The Labute approximate surface area is 171 Å². The van der Waals surface area contributed by atoms with Gasteiger partial charge in [0.2, 0.25) is 5.91 Å². The number of amides is 1. The number of rotatable bonds is 6. The number of nitrogens with one attached hydrogen (secondary N) is 1. The van der Waals surface area contributed by atoms with E-state index in [2.05, 4.69) is 12.2 Å². The summed E-state index contributed by atoms with van der Waals surface area (Å²) >= 11 is 5.98. The second kappa shape index (κ2) is 9.74. The average molecular weight is 400 g/mol. The fourth-order valence-corrected chi connectivity index (χ4v) is 3.89. The molecule has 2 atom stereocenters. The molecule has 1 saturated carbocycles. The first kappa shape index (κ1) is 20.4. The van der Waals surface area contributed by atoms with Gasteiger partial charge in [0.15, 0.2) is 0 Å². The van der Waals surface area contributed by atoms with Gasteiger partial charge in [0, 0.05) is 10.7 Å². The van der Waals surface area contributed by atoms with Crippen molar-refractivity contribution in [2.75, 3.05) is 5.32 Å². The SMILES string of the molecule is CCc1ccc(NC(=O)[C@@H]2CCCC[C@H]2C(=O)OCc2cccc(Cl)c2)cc1. The van der Waals surface area contributed by atoms with Gasteiger partial charge in [-0.2, -0.15) is 0 Å². The Morgan fingerprint density at radius 1 is 1.04 bits per heavy atom. The molecule has 0 spiro atoms. The highest BCUT2D eigenvalue weighted by Gasteiger charge is 2.36. The second-order valence-corrected chi connectivity index (χ2v) is 7.71. The van der Waals surface area contributed by atoms with Crippen molar-refractivity contribution in [3.05, 3.63) is 64.7 Å². The Hall–Kier alpha value is -2.33. The minimum Gasteiger partial charge on any atom is -0.461 e. The molecule has 1 amide bonds. The monoisotopic (exact) mass is 399 g/mol. The molecule has 0 aromatic heterocycles. The van der Waals surface area contributed by atoms with Crippen LogP contribution in [-0.4, -0.2) is 11.9 Å². The van der Waals surface area contributed by atoms with E-state index < -0.39 is 5.92 Å². The molecule has 2 aromatic carbocycles. The van der Waals surface area contributed by atoms with Gasteiger partial charge in [-0.1, -0.05) is 55.6 Å². The molecule has 0 saturated heterocycles. The van der Waals surface area contributed by atoms with Crippen LogP contribution in [0.3, 0.4) is 0 Å². The van der Waals surface area contributed by atoms with E-state index in [0.717, 1.165) is 30.5 Å². The van der Waals surface area contributed by atoms with Crippen molar-refractivity contribution < 1.29 is 14.3 Å². The zero-order valence-corrected chi connectivity index (χ0v) is 16.9. The average Bonchev–Trinajstić information content (AvgIpc) is 2.72. The van der Waals surface area contributed by atoms with E-state index in [1.165, 1.54) is 5.56 Å². The van der Waals surface area contributed by atoms with Crippen LogP contribution in [0.5, 0.6) is 0 Å². The van der Waals surface area contributed by atoms with Crippen molar-refractivity contribution in [3.8, 4) is 0 Å². The number of carbonyl (C=O) groups is 2. The molecule has 0 unspecified atom stereocenters. The van der Waals surface area contributed by atoms with Crippen LogP contribution < -0.4 is 5.32 Å². The van der Waals surface area contributed by atoms with Crippen molar-refractivity contribution in [3.63, 3.8) is 0 Å². The van der Waals surface area contributed by atoms with Gasteiger partial charge in [-0.3, -0.25) is 9.59 Å². The van der Waals surface area contributed by atoms with Crippen molar-refractivity contribution in [2.24, 2.45) is 11.8 Å². The Bertz CT molecular complexity index is 819. The number of halogens is 1. The molecule has 0 radical (unpaired) electrons. The van der Waals surface area contributed by atoms with Crippen molar-refractivity contribution in [1.29, 1.82) is 0 Å². The van der Waals surface area contributed by atoms with Crippen LogP contribution in [0, 0.1) is 11.8 Å². The first-order chi connectivity index (χ1) is 13.6. The van der Waals surface area contributed by atoms with Gasteiger partial charge in [0.05, 0.1) is 11.8 Å². The van der Waals surface area contributed by atoms with Gasteiger partial charge in [-0.15, -0.1) is 0 Å². The predicted octanol–water partition coefficient (Wildman–Crippen LogP) is 5.39. The van der Waals surface area contributed by atoms with Crippen LogP contribution in [0.25, 0.3) is 0 Å². The summed E-state index contributed by atoms with van der Waals surface area (Å²) in [5.41, 5.74) is 2.82. The molecule has 0 bridgehead atoms. The highest BCUT2D eigenvalue weighted by molar-refractivity contribution is 6.30. The molecule has 28 heavy (non-hydrogen) atoms. The van der Waals surface area contributed by atoms with Crippen molar-refractivity contribution >= 4 is 29.2 Å². The number of hydrogen-bond donors (Lipinski definition) is 1. The number of aryl methyl sites for hydroxylation is 1. The molecule has 0 aliphatic heterocycles. The maximum atomic E-state index is 12.8. The number of anilines is 1. The zero-order valence-electron chi connectivity index (χ0n) is 16.1. The van der Waals surface area contributed by atoms with Gasteiger partial charge in [0.1, 0.15) is 6.61 Å². The largest absolute Gasteiger partial charge is 0.461 e. The van der Waals surface area contributed by atoms with Crippen LogP contribution >= 0.6 is 11.6 Å². The molecule has 5 heteroatoms. The fourth-order valence-electron chi connectivity index (χ4n) is 3.67. The first-order valence-electron chi connectivity index (χ1n) is 9.87. The number of carbonyl (C=O) groups excluding carboxylic acids is 2. The molecule has 1 aliphatic carbocycles. The van der Waals surface area contributed by atoms with E-state index in [9.17, 15) is 9.59 Å². The third kappa shape index (κ3) is 5.35. The van der Waals surface area contributed by atoms with Crippen molar-refractivity contribution in [2.45, 2.75) is 45.6 Å². The quantitative estimate of drug-likeness (QED) is 0.662. The van der Waals surface area contributed by atoms with Gasteiger partial charge < -0.3 is 10.1 Å². The number of hydrogen-bond acceptors (Lipinski definition) is 3. The number of ether oxygens (including phenoxy) is 1. The fraction of sp³-hybridized carbons (Fsp3) is 0.391. The number of benzene rings is 2. The Kier molecular flexibility index (Phi) is 7.10. The smallest absolute Gasteiger partial charge is 0.310 e. The molecule has 1 N–H and O–H groups in total. The summed E-state index contributed by atoms with van der Waals surface area (Å²) in [5.74, 6) is -1.16. The Morgan fingerprint density at radius 3 is 2.43 bits per heavy atom. The van der Waals surface area contributed by atoms with E-state index >= 15 is 0 Å². The zero-order chi connectivity index (χ0) is 19.9. The highest BCUT2D eigenvalue weighted by atomic mass is 35.5. The lowest BCUT2D eigenvalue weighted by atomic mass is 9.78. The third-order valence-electron chi connectivity index (χ3n) is 5.31. The standard InChI is InChI=1S/C23H26ClNO3/c1-2-16-10-12-19(13-11-16)25-22(26)20-8-3-4-9-21(20)23(27)28-15-17-6-5-7-18(24)14-17/h5-7,10-14,20-21H,2-4,8-9,15H2,1H3,(H,25,26)/t20-,21-/m1/s1. The summed E-state index contributed by atoms with van der Waals surface area (Å²) in [6, 6.07) is 15.1. The highest BCUT2D eigenvalue weighted by Crippen LogP contribution is 2.32. The Balaban J connectivity index is 1.61. The van der Waals surface area contributed by atoms with E-state index in [0.29, 0.717) is 17.9 Å². The molecule has 4 nitrogen and oxygen atoms in total. The topological polar surface area (TPSA) is 55.4 Å². The van der Waals surface area contributed by atoms with Crippen LogP contribution in [0.4, 0.5) is 5.69 Å². The van der Waals surface area contributed by atoms with E-state index in [1.807, 2.05) is 36.4 Å². The van der Waals surface area contributed by atoms with Crippen LogP contribution in [0.2, 0.25) is 5.02 Å². The predicted molar refractivity (Wildman–Crippen MR) is 111 cm³/mol. The van der Waals surface area contributed by atoms with Gasteiger partial charge in [-0.05, 0) is 54.7 Å². The van der Waals surface area contributed by atoms with Gasteiger partial charge in [-0.25, -0.2) is 0 Å².